The summed E-state index contributed by atoms with van der Waals surface area (Å²) in [7, 11) is -3.94. The van der Waals surface area contributed by atoms with Crippen LogP contribution >= 0.6 is 0 Å². The minimum Gasteiger partial charge on any atom is -0.276 e. The molecular formula is C14H16F3N3O2S. The summed E-state index contributed by atoms with van der Waals surface area (Å²) in [6.45, 7) is -0.485. The maximum atomic E-state index is 14.0. The molecule has 0 radical (unpaired) electrons. The highest BCUT2D eigenvalue weighted by Gasteiger charge is 2.30. The number of sulfonamides is 1. The Kier molecular flexibility index (Phi) is 4.98. The predicted molar refractivity (Wildman–Crippen MR) is 80.1 cm³/mol. The second kappa shape index (κ2) is 6.61. The number of anilines is 1. The van der Waals surface area contributed by atoms with Crippen molar-refractivity contribution in [2.75, 3.05) is 4.31 Å². The van der Waals surface area contributed by atoms with Crippen LogP contribution < -0.4 is 4.31 Å². The summed E-state index contributed by atoms with van der Waals surface area (Å²) in [5.41, 5.74) is -0.204. The van der Waals surface area contributed by atoms with Crippen LogP contribution in [0.3, 0.4) is 0 Å². The van der Waals surface area contributed by atoms with Crippen molar-refractivity contribution >= 4 is 15.7 Å². The largest absolute Gasteiger partial charge is 0.319 e. The molecule has 0 aliphatic rings. The van der Waals surface area contributed by atoms with Crippen molar-refractivity contribution in [1.82, 2.24) is 9.55 Å². The highest BCUT2D eigenvalue weighted by molar-refractivity contribution is 7.93. The summed E-state index contributed by atoms with van der Waals surface area (Å²) in [5.74, 6) is -0.931. The molecule has 23 heavy (non-hydrogen) atoms. The van der Waals surface area contributed by atoms with Crippen LogP contribution in [0.5, 0.6) is 0 Å². The van der Waals surface area contributed by atoms with Gasteiger partial charge in [-0.05, 0) is 26.0 Å². The van der Waals surface area contributed by atoms with E-state index >= 15 is 0 Å². The van der Waals surface area contributed by atoms with Gasteiger partial charge in [-0.2, -0.15) is 8.78 Å². The molecule has 0 aliphatic carbocycles. The van der Waals surface area contributed by atoms with E-state index in [1.54, 1.807) is 0 Å². The molecule has 0 unspecified atom stereocenters. The van der Waals surface area contributed by atoms with Gasteiger partial charge in [0.25, 0.3) is 0 Å². The lowest BCUT2D eigenvalue weighted by Crippen LogP contribution is -2.37. The molecule has 0 saturated heterocycles. The van der Waals surface area contributed by atoms with Crippen LogP contribution in [0.1, 0.15) is 26.2 Å². The van der Waals surface area contributed by atoms with Crippen molar-refractivity contribution in [2.45, 2.75) is 32.2 Å². The van der Waals surface area contributed by atoms with Crippen molar-refractivity contribution in [1.29, 1.82) is 0 Å². The maximum absolute atomic E-state index is 14.0. The second-order valence-electron chi connectivity index (χ2n) is 5.08. The van der Waals surface area contributed by atoms with Gasteiger partial charge in [0.2, 0.25) is 10.0 Å². The summed E-state index contributed by atoms with van der Waals surface area (Å²) in [4.78, 5) is 3.76. The number of hydrogen-bond donors (Lipinski definition) is 0. The van der Waals surface area contributed by atoms with Crippen LogP contribution in [-0.4, -0.2) is 23.2 Å². The number of hydrogen-bond acceptors (Lipinski definition) is 3. The number of aromatic nitrogens is 2. The van der Waals surface area contributed by atoms with Gasteiger partial charge in [-0.3, -0.25) is 8.87 Å². The SMILES string of the molecule is CC(C)S(=O)(=O)N(Cc1nccn1C(F)F)c1ccccc1F. The summed E-state index contributed by atoms with van der Waals surface area (Å²) in [6, 6.07) is 5.28. The zero-order valence-corrected chi connectivity index (χ0v) is 13.3. The molecule has 5 nitrogen and oxygen atoms in total. The zero-order chi connectivity index (χ0) is 17.2. The van der Waals surface area contributed by atoms with Gasteiger partial charge in [-0.25, -0.2) is 17.8 Å². The lowest BCUT2D eigenvalue weighted by molar-refractivity contribution is 0.0671. The van der Waals surface area contributed by atoms with E-state index in [-0.39, 0.29) is 11.5 Å². The van der Waals surface area contributed by atoms with E-state index in [0.717, 1.165) is 22.8 Å². The lowest BCUT2D eigenvalue weighted by Gasteiger charge is -2.26. The van der Waals surface area contributed by atoms with Crippen molar-refractivity contribution < 1.29 is 21.6 Å². The summed E-state index contributed by atoms with van der Waals surface area (Å²) in [6.07, 6.45) is 2.19. The molecule has 126 valence electrons. The maximum Gasteiger partial charge on any atom is 0.319 e. The van der Waals surface area contributed by atoms with Gasteiger partial charge < -0.3 is 0 Å². The fraction of sp³-hybridized carbons (Fsp3) is 0.357. The molecule has 1 heterocycles. The first-order valence-electron chi connectivity index (χ1n) is 6.81. The molecular weight excluding hydrogens is 331 g/mol. The molecule has 0 aliphatic heterocycles. The first-order valence-corrected chi connectivity index (χ1v) is 8.31. The Bertz CT molecular complexity index is 775. The third-order valence-corrected chi connectivity index (χ3v) is 5.40. The van der Waals surface area contributed by atoms with Crippen molar-refractivity contribution in [2.24, 2.45) is 0 Å². The van der Waals surface area contributed by atoms with Gasteiger partial charge >= 0.3 is 6.55 Å². The molecule has 0 spiro atoms. The van der Waals surface area contributed by atoms with Crippen LogP contribution in [0, 0.1) is 5.82 Å². The smallest absolute Gasteiger partial charge is 0.276 e. The van der Waals surface area contributed by atoms with Gasteiger partial charge in [-0.1, -0.05) is 12.1 Å². The van der Waals surface area contributed by atoms with E-state index in [4.69, 9.17) is 0 Å². The fourth-order valence-electron chi connectivity index (χ4n) is 1.99. The average Bonchev–Trinajstić information content (AvgIpc) is 2.94. The molecule has 2 aromatic rings. The number of benzene rings is 1. The van der Waals surface area contributed by atoms with Crippen LogP contribution in [0.25, 0.3) is 0 Å². The van der Waals surface area contributed by atoms with E-state index in [0.29, 0.717) is 4.57 Å². The zero-order valence-electron chi connectivity index (χ0n) is 12.5. The van der Waals surface area contributed by atoms with Crippen molar-refractivity contribution in [3.05, 3.63) is 48.3 Å². The Morgan fingerprint density at radius 2 is 1.91 bits per heavy atom. The number of para-hydroxylation sites is 1. The van der Waals surface area contributed by atoms with E-state index in [2.05, 4.69) is 4.98 Å². The Morgan fingerprint density at radius 1 is 1.26 bits per heavy atom. The van der Waals surface area contributed by atoms with Gasteiger partial charge in [0.05, 0.1) is 17.5 Å². The Hall–Kier alpha value is -2.03. The quantitative estimate of drug-likeness (QED) is 0.807. The number of alkyl halides is 2. The molecule has 0 bridgehead atoms. The van der Waals surface area contributed by atoms with Crippen LogP contribution in [0.2, 0.25) is 0 Å². The van der Waals surface area contributed by atoms with Crippen LogP contribution in [0.15, 0.2) is 36.7 Å². The highest BCUT2D eigenvalue weighted by atomic mass is 32.2. The third-order valence-electron chi connectivity index (χ3n) is 3.27. The van der Waals surface area contributed by atoms with Gasteiger partial charge in [0.1, 0.15) is 11.6 Å². The third kappa shape index (κ3) is 3.49. The topological polar surface area (TPSA) is 55.2 Å². The van der Waals surface area contributed by atoms with E-state index in [9.17, 15) is 21.6 Å². The van der Waals surface area contributed by atoms with E-state index in [1.165, 1.54) is 32.0 Å². The Morgan fingerprint density at radius 3 is 2.48 bits per heavy atom. The number of rotatable bonds is 6. The monoisotopic (exact) mass is 347 g/mol. The molecule has 1 aromatic heterocycles. The molecule has 1 aromatic carbocycles. The van der Waals surface area contributed by atoms with Crippen molar-refractivity contribution in [3.63, 3.8) is 0 Å². The summed E-state index contributed by atoms with van der Waals surface area (Å²) < 4.78 is 66.3. The first kappa shape index (κ1) is 17.3. The lowest BCUT2D eigenvalue weighted by atomic mass is 10.3. The van der Waals surface area contributed by atoms with Gasteiger partial charge in [0.15, 0.2) is 0 Å². The number of imidazole rings is 1. The molecule has 0 amide bonds. The Labute approximate surface area is 132 Å². The Balaban J connectivity index is 2.51. The summed E-state index contributed by atoms with van der Waals surface area (Å²) >= 11 is 0. The number of halogens is 3. The molecule has 9 heteroatoms. The van der Waals surface area contributed by atoms with Crippen LogP contribution in [-0.2, 0) is 16.6 Å². The van der Waals surface area contributed by atoms with Crippen LogP contribution in [0.4, 0.5) is 18.9 Å². The fourth-order valence-corrected chi connectivity index (χ4v) is 3.22. The minimum absolute atomic E-state index is 0.174. The van der Waals surface area contributed by atoms with Gasteiger partial charge in [0, 0.05) is 12.4 Å². The van der Waals surface area contributed by atoms with Gasteiger partial charge in [-0.15, -0.1) is 0 Å². The normalized spacial score (nSPS) is 12.1. The molecule has 0 saturated carbocycles. The molecule has 2 rings (SSSR count). The first-order chi connectivity index (χ1) is 10.7. The predicted octanol–water partition coefficient (Wildman–Crippen LogP) is 3.16. The summed E-state index contributed by atoms with van der Waals surface area (Å²) in [5, 5.41) is -0.850. The standard InChI is InChI=1S/C14H16F3N3O2S/c1-10(2)23(21,22)20(12-6-4-3-5-11(12)15)9-13-18-7-8-19(13)14(16)17/h3-8,10,14H,9H2,1-2H3. The molecule has 0 atom stereocenters. The second-order valence-corrected chi connectivity index (χ2v) is 7.49. The molecule has 0 fully saturated rings. The molecule has 0 N–H and O–H groups in total. The highest BCUT2D eigenvalue weighted by Crippen LogP contribution is 2.26. The van der Waals surface area contributed by atoms with E-state index in [1.807, 2.05) is 0 Å². The van der Waals surface area contributed by atoms with Crippen molar-refractivity contribution in [3.8, 4) is 0 Å². The number of nitrogens with zero attached hydrogens (tertiary/aromatic N) is 3. The average molecular weight is 347 g/mol. The van der Waals surface area contributed by atoms with E-state index < -0.39 is 34.2 Å². The minimum atomic E-state index is -3.94.